The van der Waals surface area contributed by atoms with Crippen LogP contribution in [0.2, 0.25) is 0 Å². The van der Waals surface area contributed by atoms with Crippen molar-refractivity contribution in [1.82, 2.24) is 4.90 Å². The second-order valence-corrected chi connectivity index (χ2v) is 4.56. The minimum absolute atomic E-state index is 0.0105. The van der Waals surface area contributed by atoms with Gasteiger partial charge in [0.1, 0.15) is 0 Å². The number of rotatable bonds is 5. The zero-order valence-electron chi connectivity index (χ0n) is 11.1. The smallest absolute Gasteiger partial charge is 0.269 e. The van der Waals surface area contributed by atoms with E-state index in [0.717, 1.165) is 13.1 Å². The average Bonchev–Trinajstić information content (AvgIpc) is 2.47. The Morgan fingerprint density at radius 2 is 1.95 bits per heavy atom. The Morgan fingerprint density at radius 3 is 2.55 bits per heavy atom. The van der Waals surface area contributed by atoms with Gasteiger partial charge >= 0.3 is 0 Å². The molecule has 1 aliphatic rings. The van der Waals surface area contributed by atoms with E-state index in [-0.39, 0.29) is 11.6 Å². The van der Waals surface area contributed by atoms with Gasteiger partial charge in [0, 0.05) is 43.9 Å². The van der Waals surface area contributed by atoms with Crippen LogP contribution < -0.4 is 5.32 Å². The molecule has 0 atom stereocenters. The van der Waals surface area contributed by atoms with Gasteiger partial charge in [-0.2, -0.15) is 0 Å². The van der Waals surface area contributed by atoms with Crippen LogP contribution >= 0.6 is 0 Å². The monoisotopic (exact) mass is 279 g/mol. The van der Waals surface area contributed by atoms with Gasteiger partial charge in [-0.15, -0.1) is 0 Å². The maximum absolute atomic E-state index is 11.8. The van der Waals surface area contributed by atoms with Crippen LogP contribution in [0.5, 0.6) is 0 Å². The van der Waals surface area contributed by atoms with Gasteiger partial charge < -0.3 is 10.1 Å². The lowest BCUT2D eigenvalue weighted by atomic mass is 10.2. The maximum atomic E-state index is 11.8. The molecular weight excluding hydrogens is 262 g/mol. The SMILES string of the molecule is O=C(CCN1CCOCC1)Nc1ccc([N+](=O)[O-])cc1. The first-order chi connectivity index (χ1) is 9.65. The molecular formula is C13H17N3O4. The van der Waals surface area contributed by atoms with E-state index in [1.165, 1.54) is 24.3 Å². The minimum atomic E-state index is -0.468. The van der Waals surface area contributed by atoms with Crippen LogP contribution in [0, 0.1) is 10.1 Å². The molecule has 0 bridgehead atoms. The van der Waals surface area contributed by atoms with E-state index in [1.807, 2.05) is 0 Å². The van der Waals surface area contributed by atoms with Crippen molar-refractivity contribution >= 4 is 17.3 Å². The standard InChI is InChI=1S/C13H17N3O4/c17-13(5-6-15-7-9-20-10-8-15)14-11-1-3-12(4-2-11)16(18)19/h1-4H,5-10H2,(H,14,17). The van der Waals surface area contributed by atoms with Gasteiger partial charge in [0.2, 0.25) is 5.91 Å². The van der Waals surface area contributed by atoms with E-state index in [2.05, 4.69) is 10.2 Å². The van der Waals surface area contributed by atoms with E-state index in [9.17, 15) is 14.9 Å². The molecule has 1 aromatic rings. The van der Waals surface area contributed by atoms with Crippen LogP contribution in [0.3, 0.4) is 0 Å². The molecule has 2 rings (SSSR count). The molecule has 1 N–H and O–H groups in total. The van der Waals surface area contributed by atoms with Crippen molar-refractivity contribution in [2.45, 2.75) is 6.42 Å². The Hall–Kier alpha value is -1.99. The summed E-state index contributed by atoms with van der Waals surface area (Å²) in [5.74, 6) is -0.0923. The quantitative estimate of drug-likeness (QED) is 0.648. The largest absolute Gasteiger partial charge is 0.379 e. The summed E-state index contributed by atoms with van der Waals surface area (Å²) in [6.07, 6.45) is 0.400. The molecule has 20 heavy (non-hydrogen) atoms. The summed E-state index contributed by atoms with van der Waals surface area (Å²) in [6, 6.07) is 5.81. The van der Waals surface area contributed by atoms with Crippen molar-refractivity contribution in [3.8, 4) is 0 Å². The first kappa shape index (κ1) is 14.4. The summed E-state index contributed by atoms with van der Waals surface area (Å²) in [5.41, 5.74) is 0.582. The normalized spacial score (nSPS) is 15.8. The fourth-order valence-corrected chi connectivity index (χ4v) is 1.97. The number of carbonyl (C=O) groups excluding carboxylic acids is 1. The molecule has 1 aliphatic heterocycles. The van der Waals surface area contributed by atoms with Crippen LogP contribution in [0.4, 0.5) is 11.4 Å². The topological polar surface area (TPSA) is 84.7 Å². The number of hydrogen-bond acceptors (Lipinski definition) is 5. The lowest BCUT2D eigenvalue weighted by molar-refractivity contribution is -0.384. The summed E-state index contributed by atoms with van der Waals surface area (Å²) in [7, 11) is 0. The summed E-state index contributed by atoms with van der Waals surface area (Å²) >= 11 is 0. The zero-order valence-corrected chi connectivity index (χ0v) is 11.1. The molecule has 1 fully saturated rings. The van der Waals surface area contributed by atoms with Crippen LogP contribution in [0.15, 0.2) is 24.3 Å². The van der Waals surface area contributed by atoms with Gasteiger partial charge in [0.05, 0.1) is 18.1 Å². The van der Waals surface area contributed by atoms with Gasteiger partial charge in [-0.05, 0) is 12.1 Å². The summed E-state index contributed by atoms with van der Waals surface area (Å²) in [5, 5.41) is 13.2. The van der Waals surface area contributed by atoms with E-state index < -0.39 is 4.92 Å². The molecule has 0 aromatic heterocycles. The summed E-state index contributed by atoms with van der Waals surface area (Å²) < 4.78 is 5.24. The number of hydrogen-bond donors (Lipinski definition) is 1. The third-order valence-corrected chi connectivity index (χ3v) is 3.12. The van der Waals surface area contributed by atoms with E-state index in [0.29, 0.717) is 31.9 Å². The fourth-order valence-electron chi connectivity index (χ4n) is 1.97. The molecule has 0 aliphatic carbocycles. The highest BCUT2D eigenvalue weighted by Gasteiger charge is 2.12. The molecule has 1 amide bonds. The summed E-state index contributed by atoms with van der Waals surface area (Å²) in [4.78, 5) is 24.0. The maximum Gasteiger partial charge on any atom is 0.269 e. The van der Waals surface area contributed by atoms with Gasteiger partial charge in [-0.1, -0.05) is 0 Å². The van der Waals surface area contributed by atoms with Crippen molar-refractivity contribution in [3.05, 3.63) is 34.4 Å². The van der Waals surface area contributed by atoms with Crippen molar-refractivity contribution in [1.29, 1.82) is 0 Å². The number of benzene rings is 1. The predicted molar refractivity (Wildman–Crippen MR) is 73.6 cm³/mol. The predicted octanol–water partition coefficient (Wildman–Crippen LogP) is 1.26. The van der Waals surface area contributed by atoms with Crippen molar-refractivity contribution < 1.29 is 14.5 Å². The molecule has 1 aromatic carbocycles. The highest BCUT2D eigenvalue weighted by Crippen LogP contribution is 2.15. The van der Waals surface area contributed by atoms with Crippen molar-refractivity contribution in [3.63, 3.8) is 0 Å². The number of non-ortho nitro benzene ring substituents is 1. The second kappa shape index (κ2) is 6.97. The molecule has 7 nitrogen and oxygen atoms in total. The molecule has 0 unspecified atom stereocenters. The Kier molecular flexibility index (Phi) is 5.03. The van der Waals surface area contributed by atoms with E-state index >= 15 is 0 Å². The van der Waals surface area contributed by atoms with Crippen molar-refractivity contribution in [2.75, 3.05) is 38.2 Å². The number of anilines is 1. The number of nitrogens with zero attached hydrogens (tertiary/aromatic N) is 2. The highest BCUT2D eigenvalue weighted by atomic mass is 16.6. The number of morpholine rings is 1. The molecule has 0 saturated carbocycles. The van der Waals surface area contributed by atoms with Gasteiger partial charge in [-0.25, -0.2) is 0 Å². The number of amides is 1. The lowest BCUT2D eigenvalue weighted by Gasteiger charge is -2.26. The molecule has 108 valence electrons. The molecule has 1 saturated heterocycles. The molecule has 1 heterocycles. The highest BCUT2D eigenvalue weighted by molar-refractivity contribution is 5.90. The second-order valence-electron chi connectivity index (χ2n) is 4.56. The molecule has 0 radical (unpaired) electrons. The Morgan fingerprint density at radius 1 is 1.30 bits per heavy atom. The lowest BCUT2D eigenvalue weighted by Crippen LogP contribution is -2.38. The number of nitrogens with one attached hydrogen (secondary N) is 1. The van der Waals surface area contributed by atoms with Gasteiger partial charge in [0.25, 0.3) is 5.69 Å². The third-order valence-electron chi connectivity index (χ3n) is 3.12. The van der Waals surface area contributed by atoms with E-state index in [1.54, 1.807) is 0 Å². The molecule has 0 spiro atoms. The average molecular weight is 279 g/mol. The fraction of sp³-hybridized carbons (Fsp3) is 0.462. The number of ether oxygens (including phenoxy) is 1. The van der Waals surface area contributed by atoms with E-state index in [4.69, 9.17) is 4.74 Å². The van der Waals surface area contributed by atoms with Crippen LogP contribution in [0.25, 0.3) is 0 Å². The zero-order chi connectivity index (χ0) is 14.4. The number of nitro groups is 1. The van der Waals surface area contributed by atoms with Crippen LogP contribution in [-0.2, 0) is 9.53 Å². The van der Waals surface area contributed by atoms with Crippen molar-refractivity contribution in [2.24, 2.45) is 0 Å². The minimum Gasteiger partial charge on any atom is -0.379 e. The Balaban J connectivity index is 1.77. The van der Waals surface area contributed by atoms with Gasteiger partial charge in [0.15, 0.2) is 0 Å². The first-order valence-electron chi connectivity index (χ1n) is 6.49. The Bertz CT molecular complexity index is 469. The number of carbonyl (C=O) groups is 1. The number of nitro benzene ring substituents is 1. The van der Waals surface area contributed by atoms with Crippen LogP contribution in [-0.4, -0.2) is 48.6 Å². The Labute approximate surface area is 116 Å². The van der Waals surface area contributed by atoms with Gasteiger partial charge in [-0.3, -0.25) is 19.8 Å². The van der Waals surface area contributed by atoms with Crippen LogP contribution in [0.1, 0.15) is 6.42 Å². The molecule has 7 heteroatoms. The third kappa shape index (κ3) is 4.29. The first-order valence-corrected chi connectivity index (χ1v) is 6.49. The summed E-state index contributed by atoms with van der Waals surface area (Å²) in [6.45, 7) is 3.83.